The Morgan fingerprint density at radius 1 is 1.38 bits per heavy atom. The highest BCUT2D eigenvalue weighted by molar-refractivity contribution is 5.76. The molecule has 21 heavy (non-hydrogen) atoms. The fourth-order valence-electron chi connectivity index (χ4n) is 2.75. The number of rotatable bonds is 4. The predicted molar refractivity (Wildman–Crippen MR) is 84.3 cm³/mol. The fourth-order valence-corrected chi connectivity index (χ4v) is 2.75. The number of carbonyl (C=O) groups is 1. The minimum absolute atomic E-state index is 0.160. The maximum atomic E-state index is 12.3. The number of anilines is 1. The zero-order chi connectivity index (χ0) is 15.2. The zero-order valence-electron chi connectivity index (χ0n) is 12.9. The molecule has 1 aliphatic rings. The van der Waals surface area contributed by atoms with E-state index in [4.69, 9.17) is 10.5 Å². The number of amides is 1. The van der Waals surface area contributed by atoms with Crippen LogP contribution in [0.1, 0.15) is 19.8 Å². The quantitative estimate of drug-likeness (QED) is 0.856. The molecule has 116 valence electrons. The Hall–Kier alpha value is -1.75. The summed E-state index contributed by atoms with van der Waals surface area (Å²) >= 11 is 0. The van der Waals surface area contributed by atoms with Crippen LogP contribution in [0.25, 0.3) is 0 Å². The van der Waals surface area contributed by atoms with Crippen molar-refractivity contribution in [3.05, 3.63) is 24.3 Å². The van der Waals surface area contributed by atoms with Crippen LogP contribution in [0.15, 0.2) is 24.3 Å². The summed E-state index contributed by atoms with van der Waals surface area (Å²) in [4.78, 5) is 16.6. The third-order valence-corrected chi connectivity index (χ3v) is 3.86. The lowest BCUT2D eigenvalue weighted by Crippen LogP contribution is -2.42. The molecule has 2 rings (SSSR count). The van der Waals surface area contributed by atoms with E-state index in [0.29, 0.717) is 24.5 Å². The van der Waals surface area contributed by atoms with E-state index in [1.54, 1.807) is 6.07 Å². The minimum Gasteiger partial charge on any atom is -0.491 e. The highest BCUT2D eigenvalue weighted by Gasteiger charge is 2.23. The first-order chi connectivity index (χ1) is 10.1. The van der Waals surface area contributed by atoms with Gasteiger partial charge in [-0.1, -0.05) is 12.1 Å². The molecule has 1 fully saturated rings. The number of carbonyl (C=O) groups excluding carboxylic acids is 1. The van der Waals surface area contributed by atoms with E-state index in [1.165, 1.54) is 0 Å². The molecule has 1 aliphatic heterocycles. The van der Waals surface area contributed by atoms with Crippen LogP contribution in [0.5, 0.6) is 5.75 Å². The third kappa shape index (κ3) is 4.36. The predicted octanol–water partition coefficient (Wildman–Crippen LogP) is 1.59. The number of benzene rings is 1. The van der Waals surface area contributed by atoms with E-state index in [-0.39, 0.29) is 11.9 Å². The van der Waals surface area contributed by atoms with E-state index in [1.807, 2.05) is 23.1 Å². The summed E-state index contributed by atoms with van der Waals surface area (Å²) in [6.07, 6.45) is 1.42. The number of nitrogens with two attached hydrogens (primary N) is 1. The van der Waals surface area contributed by atoms with E-state index in [9.17, 15) is 4.79 Å². The molecular formula is C16H25N3O2. The van der Waals surface area contributed by atoms with Crippen LogP contribution >= 0.6 is 0 Å². The Morgan fingerprint density at radius 3 is 2.90 bits per heavy atom. The second-order valence-electron chi connectivity index (χ2n) is 5.69. The van der Waals surface area contributed by atoms with Crippen LogP contribution in [0.3, 0.4) is 0 Å². The van der Waals surface area contributed by atoms with Crippen LogP contribution in [-0.2, 0) is 4.79 Å². The molecule has 1 unspecified atom stereocenters. The molecule has 5 nitrogen and oxygen atoms in total. The lowest BCUT2D eigenvalue weighted by molar-refractivity contribution is -0.133. The van der Waals surface area contributed by atoms with E-state index >= 15 is 0 Å². The molecular weight excluding hydrogens is 266 g/mol. The van der Waals surface area contributed by atoms with Crippen molar-refractivity contribution in [3.63, 3.8) is 0 Å². The first kappa shape index (κ1) is 15.6. The number of nitrogens with zero attached hydrogens (tertiary/aromatic N) is 2. The van der Waals surface area contributed by atoms with Crippen molar-refractivity contribution in [1.82, 2.24) is 9.80 Å². The van der Waals surface area contributed by atoms with Crippen molar-refractivity contribution in [3.8, 4) is 5.75 Å². The maximum absolute atomic E-state index is 12.3. The van der Waals surface area contributed by atoms with Gasteiger partial charge >= 0.3 is 0 Å². The summed E-state index contributed by atoms with van der Waals surface area (Å²) < 4.78 is 5.60. The molecule has 0 spiro atoms. The Labute approximate surface area is 126 Å². The molecule has 1 amide bonds. The highest BCUT2D eigenvalue weighted by Crippen LogP contribution is 2.20. The van der Waals surface area contributed by atoms with Gasteiger partial charge in [0.1, 0.15) is 5.75 Å². The van der Waals surface area contributed by atoms with Crippen molar-refractivity contribution >= 4 is 11.6 Å². The van der Waals surface area contributed by atoms with Crippen LogP contribution in [0.4, 0.5) is 5.69 Å². The Bertz CT molecular complexity index is 478. The smallest absolute Gasteiger partial charge is 0.226 e. The van der Waals surface area contributed by atoms with Gasteiger partial charge in [-0.15, -0.1) is 0 Å². The van der Waals surface area contributed by atoms with Gasteiger partial charge in [-0.05, 0) is 39.1 Å². The molecule has 1 saturated heterocycles. The summed E-state index contributed by atoms with van der Waals surface area (Å²) in [5, 5.41) is 0. The average Bonchev–Trinajstić information content (AvgIpc) is 2.61. The number of hydrogen-bond donors (Lipinski definition) is 1. The van der Waals surface area contributed by atoms with Crippen LogP contribution in [0.2, 0.25) is 0 Å². The zero-order valence-corrected chi connectivity index (χ0v) is 12.9. The molecule has 1 aromatic rings. The third-order valence-electron chi connectivity index (χ3n) is 3.86. The summed E-state index contributed by atoms with van der Waals surface area (Å²) in [5.41, 5.74) is 6.42. The number of likely N-dealkylation sites (N-methyl/N-ethyl adjacent to an activating group) is 1. The van der Waals surface area contributed by atoms with Crippen LogP contribution in [-0.4, -0.2) is 55.0 Å². The molecule has 1 atom stereocenters. The summed E-state index contributed by atoms with van der Waals surface area (Å²) in [6.45, 7) is 5.28. The minimum atomic E-state index is 0.160. The van der Waals surface area contributed by atoms with Gasteiger partial charge in [0.2, 0.25) is 5.91 Å². The molecule has 0 bridgehead atoms. The number of nitrogen functional groups attached to an aromatic ring is 1. The van der Waals surface area contributed by atoms with Crippen molar-refractivity contribution in [2.24, 2.45) is 0 Å². The van der Waals surface area contributed by atoms with Crippen LogP contribution < -0.4 is 10.5 Å². The Morgan fingerprint density at radius 2 is 2.14 bits per heavy atom. The van der Waals surface area contributed by atoms with Gasteiger partial charge in [0.15, 0.2) is 0 Å². The summed E-state index contributed by atoms with van der Waals surface area (Å²) in [6, 6.07) is 7.61. The lowest BCUT2D eigenvalue weighted by Gasteiger charge is -2.28. The Balaban J connectivity index is 1.82. The van der Waals surface area contributed by atoms with Crippen molar-refractivity contribution < 1.29 is 9.53 Å². The lowest BCUT2D eigenvalue weighted by atomic mass is 10.2. The number of para-hydroxylation sites is 2. The second kappa shape index (κ2) is 7.31. The van der Waals surface area contributed by atoms with E-state index in [2.05, 4.69) is 18.9 Å². The van der Waals surface area contributed by atoms with Gasteiger partial charge in [-0.3, -0.25) is 4.79 Å². The molecule has 0 saturated carbocycles. The van der Waals surface area contributed by atoms with Gasteiger partial charge in [0.25, 0.3) is 0 Å². The molecule has 2 N–H and O–H groups in total. The maximum Gasteiger partial charge on any atom is 0.226 e. The molecule has 0 aliphatic carbocycles. The monoisotopic (exact) mass is 291 g/mol. The molecule has 5 heteroatoms. The van der Waals surface area contributed by atoms with Gasteiger partial charge in [0.05, 0.1) is 18.7 Å². The van der Waals surface area contributed by atoms with Gasteiger partial charge in [-0.2, -0.15) is 0 Å². The van der Waals surface area contributed by atoms with Crippen LogP contribution in [0, 0.1) is 0 Å². The highest BCUT2D eigenvalue weighted by atomic mass is 16.5. The topological polar surface area (TPSA) is 58.8 Å². The number of ether oxygens (including phenoxy) is 1. The Kier molecular flexibility index (Phi) is 5.44. The largest absolute Gasteiger partial charge is 0.491 e. The van der Waals surface area contributed by atoms with Crippen molar-refractivity contribution in [1.29, 1.82) is 0 Å². The average molecular weight is 291 g/mol. The number of hydrogen-bond acceptors (Lipinski definition) is 4. The van der Waals surface area contributed by atoms with Crippen molar-refractivity contribution in [2.45, 2.75) is 25.8 Å². The van der Waals surface area contributed by atoms with Gasteiger partial charge in [-0.25, -0.2) is 0 Å². The first-order valence-electron chi connectivity index (χ1n) is 7.53. The normalized spacial score (nSPS) is 20.1. The standard InChI is InChI=1S/C16H25N3O2/c1-13-12-18(2)9-5-10-19(13)16(20)8-11-21-15-7-4-3-6-14(15)17/h3-4,6-7,13H,5,8-12,17H2,1-2H3. The summed E-state index contributed by atoms with van der Waals surface area (Å²) in [5.74, 6) is 0.807. The van der Waals surface area contributed by atoms with Gasteiger partial charge < -0.3 is 20.3 Å². The van der Waals surface area contributed by atoms with Crippen molar-refractivity contribution in [2.75, 3.05) is 39.0 Å². The summed E-state index contributed by atoms with van der Waals surface area (Å²) in [7, 11) is 2.10. The molecule has 0 radical (unpaired) electrons. The fraction of sp³-hybridized carbons (Fsp3) is 0.562. The van der Waals surface area contributed by atoms with E-state index < -0.39 is 0 Å². The SMILES string of the molecule is CC1CN(C)CCCN1C(=O)CCOc1ccccc1N. The molecule has 1 aromatic carbocycles. The van der Waals surface area contributed by atoms with E-state index in [0.717, 1.165) is 26.1 Å². The second-order valence-corrected chi connectivity index (χ2v) is 5.69. The molecule has 0 aromatic heterocycles. The first-order valence-corrected chi connectivity index (χ1v) is 7.53. The molecule has 1 heterocycles. The van der Waals surface area contributed by atoms with Gasteiger partial charge in [0, 0.05) is 19.1 Å².